The topological polar surface area (TPSA) is 38.9 Å². The largest absolute Gasteiger partial charge is 0.320 e. The van der Waals surface area contributed by atoms with Crippen LogP contribution in [0.25, 0.3) is 10.8 Å². The van der Waals surface area contributed by atoms with Crippen molar-refractivity contribution in [3.05, 3.63) is 64.1 Å². The molecule has 0 saturated carbocycles. The maximum absolute atomic E-state index is 6.49. The van der Waals surface area contributed by atoms with E-state index in [4.69, 9.17) is 5.73 Å². The van der Waals surface area contributed by atoms with Crippen LogP contribution in [-0.2, 0) is 6.42 Å². The third-order valence-electron chi connectivity index (χ3n) is 3.49. The van der Waals surface area contributed by atoms with E-state index in [2.05, 4.69) is 41.6 Å². The number of fused-ring (bicyclic) bond motifs is 1. The lowest BCUT2D eigenvalue weighted by molar-refractivity contribution is 0.882. The van der Waals surface area contributed by atoms with Crippen molar-refractivity contribution >= 4 is 22.1 Å². The number of aromatic nitrogens is 1. The quantitative estimate of drug-likeness (QED) is 0.782. The molecule has 0 aliphatic carbocycles. The van der Waals surface area contributed by atoms with Crippen LogP contribution in [0, 0.1) is 0 Å². The molecule has 1 atom stereocenters. The average molecular weight is 268 g/mol. The standard InChI is InChI=1S/C16H16N2S/c1-2-11-7-9-19-16(11)15(17)14-5-3-4-12-10-18-8-6-13(12)14/h3-10,15H,2,17H2,1H3. The van der Waals surface area contributed by atoms with E-state index in [0.717, 1.165) is 11.8 Å². The number of thiophene rings is 1. The molecule has 0 aliphatic heterocycles. The zero-order valence-electron chi connectivity index (χ0n) is 10.8. The van der Waals surface area contributed by atoms with E-state index in [1.165, 1.54) is 21.4 Å². The molecule has 2 nitrogen and oxygen atoms in total. The monoisotopic (exact) mass is 268 g/mol. The Bertz CT molecular complexity index is 697. The van der Waals surface area contributed by atoms with Crippen molar-refractivity contribution in [1.29, 1.82) is 0 Å². The highest BCUT2D eigenvalue weighted by molar-refractivity contribution is 7.10. The van der Waals surface area contributed by atoms with Crippen LogP contribution in [0.4, 0.5) is 0 Å². The van der Waals surface area contributed by atoms with Gasteiger partial charge in [-0.15, -0.1) is 11.3 Å². The summed E-state index contributed by atoms with van der Waals surface area (Å²) in [5.74, 6) is 0. The van der Waals surface area contributed by atoms with Gasteiger partial charge in [-0.2, -0.15) is 0 Å². The first kappa shape index (κ1) is 12.3. The molecular formula is C16H16N2S. The van der Waals surface area contributed by atoms with E-state index in [1.807, 2.05) is 18.5 Å². The lowest BCUT2D eigenvalue weighted by Crippen LogP contribution is -2.12. The summed E-state index contributed by atoms with van der Waals surface area (Å²) in [6.45, 7) is 2.17. The Morgan fingerprint density at radius 3 is 3.00 bits per heavy atom. The summed E-state index contributed by atoms with van der Waals surface area (Å²) < 4.78 is 0. The summed E-state index contributed by atoms with van der Waals surface area (Å²) in [7, 11) is 0. The number of benzene rings is 1. The third-order valence-corrected chi connectivity index (χ3v) is 4.54. The zero-order chi connectivity index (χ0) is 13.2. The van der Waals surface area contributed by atoms with Crippen LogP contribution in [0.15, 0.2) is 48.1 Å². The fraction of sp³-hybridized carbons (Fsp3) is 0.188. The van der Waals surface area contributed by atoms with Crippen molar-refractivity contribution in [2.75, 3.05) is 0 Å². The molecule has 3 rings (SSSR count). The third kappa shape index (κ3) is 2.15. The Morgan fingerprint density at radius 1 is 1.26 bits per heavy atom. The summed E-state index contributed by atoms with van der Waals surface area (Å²) in [6, 6.07) is 10.4. The van der Waals surface area contributed by atoms with Gasteiger partial charge in [0.25, 0.3) is 0 Å². The summed E-state index contributed by atoms with van der Waals surface area (Å²) in [5, 5.41) is 4.46. The minimum Gasteiger partial charge on any atom is -0.320 e. The Labute approximate surface area is 116 Å². The van der Waals surface area contributed by atoms with Crippen LogP contribution < -0.4 is 5.73 Å². The van der Waals surface area contributed by atoms with Gasteiger partial charge >= 0.3 is 0 Å². The molecular weight excluding hydrogens is 252 g/mol. The highest BCUT2D eigenvalue weighted by Crippen LogP contribution is 2.32. The summed E-state index contributed by atoms with van der Waals surface area (Å²) in [6.07, 6.45) is 4.74. The summed E-state index contributed by atoms with van der Waals surface area (Å²) >= 11 is 1.74. The second kappa shape index (κ2) is 5.11. The molecule has 0 amide bonds. The molecule has 3 heteroatoms. The zero-order valence-corrected chi connectivity index (χ0v) is 11.7. The van der Waals surface area contributed by atoms with Gasteiger partial charge in [0.1, 0.15) is 0 Å². The fourth-order valence-corrected chi connectivity index (χ4v) is 3.49. The SMILES string of the molecule is CCc1ccsc1C(N)c1cccc2cnccc12. The summed E-state index contributed by atoms with van der Waals surface area (Å²) in [5.41, 5.74) is 9.02. The van der Waals surface area contributed by atoms with Crippen molar-refractivity contribution in [1.82, 2.24) is 4.98 Å². The van der Waals surface area contributed by atoms with Gasteiger partial charge in [-0.1, -0.05) is 25.1 Å². The maximum atomic E-state index is 6.49. The van der Waals surface area contributed by atoms with E-state index in [9.17, 15) is 0 Å². The van der Waals surface area contributed by atoms with Gasteiger partial charge in [0, 0.05) is 22.7 Å². The molecule has 0 fully saturated rings. The predicted octanol–water partition coefficient (Wildman–Crippen LogP) is 3.91. The van der Waals surface area contributed by atoms with Gasteiger partial charge in [-0.25, -0.2) is 0 Å². The minimum absolute atomic E-state index is 0.0546. The number of nitrogens with two attached hydrogens (primary N) is 1. The van der Waals surface area contributed by atoms with Crippen LogP contribution >= 0.6 is 11.3 Å². The Kier molecular flexibility index (Phi) is 3.32. The molecule has 0 aliphatic rings. The number of nitrogens with zero attached hydrogens (tertiary/aromatic N) is 1. The smallest absolute Gasteiger partial charge is 0.0654 e. The first-order chi connectivity index (χ1) is 9.31. The van der Waals surface area contributed by atoms with Gasteiger partial charge in [0.15, 0.2) is 0 Å². The van der Waals surface area contributed by atoms with Crippen molar-refractivity contribution in [2.45, 2.75) is 19.4 Å². The van der Waals surface area contributed by atoms with Crippen molar-refractivity contribution in [3.8, 4) is 0 Å². The van der Waals surface area contributed by atoms with Crippen LogP contribution in [0.2, 0.25) is 0 Å². The highest BCUT2D eigenvalue weighted by atomic mass is 32.1. The molecule has 0 bridgehead atoms. The van der Waals surface area contributed by atoms with Gasteiger partial charge in [0.2, 0.25) is 0 Å². The second-order valence-corrected chi connectivity index (χ2v) is 5.53. The van der Waals surface area contributed by atoms with Crippen LogP contribution in [-0.4, -0.2) is 4.98 Å². The van der Waals surface area contributed by atoms with E-state index >= 15 is 0 Å². The lowest BCUT2D eigenvalue weighted by atomic mass is 9.97. The molecule has 19 heavy (non-hydrogen) atoms. The minimum atomic E-state index is -0.0546. The van der Waals surface area contributed by atoms with Crippen LogP contribution in [0.5, 0.6) is 0 Å². The first-order valence-electron chi connectivity index (χ1n) is 6.45. The molecule has 0 saturated heterocycles. The molecule has 1 unspecified atom stereocenters. The fourth-order valence-electron chi connectivity index (χ4n) is 2.47. The van der Waals surface area contributed by atoms with Gasteiger partial charge in [-0.05, 0) is 40.4 Å². The number of pyridine rings is 1. The molecule has 96 valence electrons. The molecule has 3 aromatic rings. The Morgan fingerprint density at radius 2 is 2.16 bits per heavy atom. The van der Waals surface area contributed by atoms with Crippen molar-refractivity contribution in [2.24, 2.45) is 5.73 Å². The van der Waals surface area contributed by atoms with Crippen molar-refractivity contribution in [3.63, 3.8) is 0 Å². The lowest BCUT2D eigenvalue weighted by Gasteiger charge is -2.15. The van der Waals surface area contributed by atoms with E-state index in [-0.39, 0.29) is 6.04 Å². The predicted molar refractivity (Wildman–Crippen MR) is 81.5 cm³/mol. The van der Waals surface area contributed by atoms with Crippen molar-refractivity contribution < 1.29 is 0 Å². The van der Waals surface area contributed by atoms with Gasteiger partial charge < -0.3 is 5.73 Å². The highest BCUT2D eigenvalue weighted by Gasteiger charge is 2.16. The normalized spacial score (nSPS) is 12.7. The van der Waals surface area contributed by atoms with Gasteiger partial charge in [0.05, 0.1) is 6.04 Å². The van der Waals surface area contributed by atoms with E-state index in [1.54, 1.807) is 11.3 Å². The number of aryl methyl sites for hydroxylation is 1. The Balaban J connectivity index is 2.14. The summed E-state index contributed by atoms with van der Waals surface area (Å²) in [4.78, 5) is 5.44. The number of hydrogen-bond donors (Lipinski definition) is 1. The second-order valence-electron chi connectivity index (χ2n) is 4.59. The molecule has 2 heterocycles. The van der Waals surface area contributed by atoms with E-state index in [0.29, 0.717) is 0 Å². The molecule has 2 N–H and O–H groups in total. The average Bonchev–Trinajstić information content (AvgIpc) is 2.94. The molecule has 1 aromatic carbocycles. The number of rotatable bonds is 3. The van der Waals surface area contributed by atoms with Crippen LogP contribution in [0.1, 0.15) is 29.0 Å². The number of hydrogen-bond acceptors (Lipinski definition) is 3. The molecule has 2 aromatic heterocycles. The first-order valence-corrected chi connectivity index (χ1v) is 7.33. The molecule has 0 radical (unpaired) electrons. The van der Waals surface area contributed by atoms with Gasteiger partial charge in [-0.3, -0.25) is 4.98 Å². The van der Waals surface area contributed by atoms with Crippen LogP contribution in [0.3, 0.4) is 0 Å². The maximum Gasteiger partial charge on any atom is 0.0654 e. The Hall–Kier alpha value is -1.71. The molecule has 0 spiro atoms. The van der Waals surface area contributed by atoms with E-state index < -0.39 is 0 Å².